The second-order valence-electron chi connectivity index (χ2n) is 4.84. The van der Waals surface area contributed by atoms with Gasteiger partial charge in [-0.05, 0) is 30.2 Å². The van der Waals surface area contributed by atoms with Gasteiger partial charge in [0.2, 0.25) is 0 Å². The van der Waals surface area contributed by atoms with Gasteiger partial charge in [-0.1, -0.05) is 24.3 Å². The summed E-state index contributed by atoms with van der Waals surface area (Å²) in [6.07, 6.45) is 0.260. The molecule has 0 aliphatic rings. The largest absolute Gasteiger partial charge is 0.469 e. The van der Waals surface area contributed by atoms with Gasteiger partial charge in [-0.3, -0.25) is 9.48 Å². The summed E-state index contributed by atoms with van der Waals surface area (Å²) in [4.78, 5) is 21.9. The summed E-state index contributed by atoms with van der Waals surface area (Å²) in [6.45, 7) is 4.14. The molecule has 0 atom stereocenters. The molecule has 0 amide bonds. The number of hydrogen-bond donors (Lipinski definition) is 0. The van der Waals surface area contributed by atoms with Crippen molar-refractivity contribution >= 4 is 11.7 Å². The van der Waals surface area contributed by atoms with Crippen LogP contribution in [0.1, 0.15) is 22.5 Å². The Morgan fingerprint density at radius 1 is 1.24 bits per heavy atom. The standard InChI is InChI=1S/C15H17N3O3/c1-10-15(17-20)11(2)18(16-10)9-13-6-4-12(5-7-13)8-14(19)21-3/h4-7H,8-9H2,1-3H3. The second kappa shape index (κ2) is 6.30. The SMILES string of the molecule is COC(=O)Cc1ccc(Cn2nc(C)c(N=O)c2C)cc1. The van der Waals surface area contributed by atoms with Gasteiger partial charge in [0.25, 0.3) is 0 Å². The summed E-state index contributed by atoms with van der Waals surface area (Å²) >= 11 is 0. The monoisotopic (exact) mass is 287 g/mol. The Kier molecular flexibility index (Phi) is 4.47. The number of nitrogens with zero attached hydrogens (tertiary/aromatic N) is 3. The van der Waals surface area contributed by atoms with E-state index in [9.17, 15) is 9.70 Å². The van der Waals surface area contributed by atoms with Crippen LogP contribution in [-0.2, 0) is 22.5 Å². The van der Waals surface area contributed by atoms with Crippen LogP contribution >= 0.6 is 0 Å². The predicted molar refractivity (Wildman–Crippen MR) is 78.4 cm³/mol. The molecular formula is C15H17N3O3. The van der Waals surface area contributed by atoms with Gasteiger partial charge in [-0.2, -0.15) is 5.10 Å². The highest BCUT2D eigenvalue weighted by Gasteiger charge is 2.12. The summed E-state index contributed by atoms with van der Waals surface area (Å²) in [7, 11) is 1.37. The molecule has 0 unspecified atom stereocenters. The topological polar surface area (TPSA) is 73.6 Å². The van der Waals surface area contributed by atoms with E-state index in [1.54, 1.807) is 11.6 Å². The molecule has 6 nitrogen and oxygen atoms in total. The molecule has 2 aromatic rings. The van der Waals surface area contributed by atoms with Crippen LogP contribution in [-0.4, -0.2) is 22.9 Å². The minimum atomic E-state index is -0.261. The van der Waals surface area contributed by atoms with Crippen molar-refractivity contribution in [2.75, 3.05) is 7.11 Å². The second-order valence-corrected chi connectivity index (χ2v) is 4.84. The molecule has 0 bridgehead atoms. The third-order valence-electron chi connectivity index (χ3n) is 3.37. The number of nitroso groups, excluding NO2 is 1. The van der Waals surface area contributed by atoms with E-state index < -0.39 is 0 Å². The molecule has 2 rings (SSSR count). The van der Waals surface area contributed by atoms with Gasteiger partial charge in [-0.15, -0.1) is 4.91 Å². The van der Waals surface area contributed by atoms with E-state index in [1.807, 2.05) is 31.2 Å². The van der Waals surface area contributed by atoms with Crippen molar-refractivity contribution in [3.63, 3.8) is 0 Å². The quantitative estimate of drug-likeness (QED) is 0.626. The number of aromatic nitrogens is 2. The first kappa shape index (κ1) is 14.9. The zero-order chi connectivity index (χ0) is 15.4. The minimum Gasteiger partial charge on any atom is -0.469 e. The number of carbonyl (C=O) groups excluding carboxylic acids is 1. The molecule has 6 heteroatoms. The van der Waals surface area contributed by atoms with Crippen LogP contribution in [0.5, 0.6) is 0 Å². The molecule has 21 heavy (non-hydrogen) atoms. The summed E-state index contributed by atoms with van der Waals surface area (Å²) in [5.74, 6) is -0.261. The Morgan fingerprint density at radius 3 is 2.38 bits per heavy atom. The van der Waals surface area contributed by atoms with Gasteiger partial charge in [-0.25, -0.2) is 0 Å². The summed E-state index contributed by atoms with van der Waals surface area (Å²) in [5, 5.41) is 7.31. The van der Waals surface area contributed by atoms with Crippen LogP contribution in [0.25, 0.3) is 0 Å². The van der Waals surface area contributed by atoms with Gasteiger partial charge >= 0.3 is 5.97 Å². The molecule has 0 N–H and O–H groups in total. The highest BCUT2D eigenvalue weighted by Crippen LogP contribution is 2.23. The highest BCUT2D eigenvalue weighted by molar-refractivity contribution is 5.72. The first-order valence-electron chi connectivity index (χ1n) is 6.57. The molecule has 0 saturated heterocycles. The van der Waals surface area contributed by atoms with E-state index in [2.05, 4.69) is 15.0 Å². The zero-order valence-corrected chi connectivity index (χ0v) is 12.3. The van der Waals surface area contributed by atoms with Crippen LogP contribution in [0.15, 0.2) is 29.4 Å². The number of hydrogen-bond acceptors (Lipinski definition) is 5. The summed E-state index contributed by atoms with van der Waals surface area (Å²) in [6, 6.07) is 7.64. The van der Waals surface area contributed by atoms with E-state index in [0.29, 0.717) is 17.9 Å². The lowest BCUT2D eigenvalue weighted by Crippen LogP contribution is -2.06. The van der Waals surface area contributed by atoms with Gasteiger partial charge in [0.15, 0.2) is 5.69 Å². The molecule has 0 radical (unpaired) electrons. The number of rotatable bonds is 5. The van der Waals surface area contributed by atoms with Crippen LogP contribution in [0, 0.1) is 18.8 Å². The Hall–Kier alpha value is -2.50. The normalized spacial score (nSPS) is 10.4. The molecule has 1 aromatic heterocycles. The van der Waals surface area contributed by atoms with Crippen LogP contribution in [0.4, 0.5) is 5.69 Å². The lowest BCUT2D eigenvalue weighted by Gasteiger charge is -2.06. The molecule has 1 heterocycles. The van der Waals surface area contributed by atoms with Crippen molar-refractivity contribution in [1.82, 2.24) is 9.78 Å². The van der Waals surface area contributed by atoms with Crippen LogP contribution in [0.2, 0.25) is 0 Å². The number of esters is 1. The van der Waals surface area contributed by atoms with Crippen molar-refractivity contribution in [3.8, 4) is 0 Å². The van der Waals surface area contributed by atoms with E-state index >= 15 is 0 Å². The van der Waals surface area contributed by atoms with E-state index in [0.717, 1.165) is 16.8 Å². The zero-order valence-electron chi connectivity index (χ0n) is 12.3. The first-order valence-corrected chi connectivity index (χ1v) is 6.57. The Morgan fingerprint density at radius 2 is 1.86 bits per heavy atom. The average Bonchev–Trinajstić information content (AvgIpc) is 2.74. The number of aryl methyl sites for hydroxylation is 1. The third-order valence-corrected chi connectivity index (χ3v) is 3.37. The van der Waals surface area contributed by atoms with Gasteiger partial charge in [0.1, 0.15) is 0 Å². The fraction of sp³-hybridized carbons (Fsp3) is 0.333. The van der Waals surface area contributed by atoms with Crippen molar-refractivity contribution in [2.45, 2.75) is 26.8 Å². The van der Waals surface area contributed by atoms with Gasteiger partial charge in [0, 0.05) is 0 Å². The molecule has 0 spiro atoms. The fourth-order valence-electron chi connectivity index (χ4n) is 2.15. The van der Waals surface area contributed by atoms with E-state index in [1.165, 1.54) is 7.11 Å². The van der Waals surface area contributed by atoms with Gasteiger partial charge in [0.05, 0.1) is 31.5 Å². The molecule has 0 fully saturated rings. The number of benzene rings is 1. The molecule has 0 aliphatic heterocycles. The minimum absolute atomic E-state index is 0.260. The first-order chi connectivity index (χ1) is 10.0. The molecule has 110 valence electrons. The molecular weight excluding hydrogens is 270 g/mol. The lowest BCUT2D eigenvalue weighted by molar-refractivity contribution is -0.139. The van der Waals surface area contributed by atoms with Gasteiger partial charge < -0.3 is 4.74 Å². The van der Waals surface area contributed by atoms with E-state index in [4.69, 9.17) is 0 Å². The van der Waals surface area contributed by atoms with Crippen molar-refractivity contribution in [3.05, 3.63) is 51.7 Å². The average molecular weight is 287 g/mol. The smallest absolute Gasteiger partial charge is 0.309 e. The summed E-state index contributed by atoms with van der Waals surface area (Å²) in [5.41, 5.74) is 3.71. The van der Waals surface area contributed by atoms with Crippen molar-refractivity contribution < 1.29 is 9.53 Å². The maximum atomic E-state index is 11.2. The van der Waals surface area contributed by atoms with Crippen molar-refractivity contribution in [2.24, 2.45) is 5.18 Å². The van der Waals surface area contributed by atoms with Crippen LogP contribution < -0.4 is 0 Å². The molecule has 0 aliphatic carbocycles. The molecule has 0 saturated carbocycles. The maximum absolute atomic E-state index is 11.2. The molecule has 1 aromatic carbocycles. The number of methoxy groups -OCH3 is 1. The Labute approximate surface area is 122 Å². The Balaban J connectivity index is 2.13. The third kappa shape index (κ3) is 3.34. The fourth-order valence-corrected chi connectivity index (χ4v) is 2.15. The maximum Gasteiger partial charge on any atom is 0.309 e. The van der Waals surface area contributed by atoms with Crippen molar-refractivity contribution in [1.29, 1.82) is 0 Å². The lowest BCUT2D eigenvalue weighted by atomic mass is 10.1. The number of carbonyl (C=O) groups is 1. The Bertz CT molecular complexity index is 660. The summed E-state index contributed by atoms with van der Waals surface area (Å²) < 4.78 is 6.38. The van der Waals surface area contributed by atoms with Crippen LogP contribution in [0.3, 0.4) is 0 Å². The number of ether oxygens (including phenoxy) is 1. The predicted octanol–water partition coefficient (Wildman–Crippen LogP) is 2.66. The van der Waals surface area contributed by atoms with E-state index in [-0.39, 0.29) is 12.4 Å². The highest BCUT2D eigenvalue weighted by atomic mass is 16.5.